The molecule has 0 saturated carbocycles. The van der Waals surface area contributed by atoms with Crippen LogP contribution in [-0.4, -0.2) is 42.0 Å². The molecule has 9 heteroatoms. The molecule has 1 aliphatic heterocycles. The first kappa shape index (κ1) is 22.2. The van der Waals surface area contributed by atoms with Crippen molar-refractivity contribution in [1.29, 1.82) is 0 Å². The molecule has 2 heterocycles. The first-order valence-corrected chi connectivity index (χ1v) is 10.8. The third-order valence-electron chi connectivity index (χ3n) is 5.29. The average molecular weight is 464 g/mol. The molecular weight excluding hydrogens is 444 g/mol. The largest absolute Gasteiger partial charge is 0.507 e. The first-order chi connectivity index (χ1) is 15.9. The van der Waals surface area contributed by atoms with E-state index in [1.807, 2.05) is 0 Å². The number of nitrogens with zero attached hydrogens (tertiary/aromatic N) is 2. The zero-order chi connectivity index (χ0) is 23.7. The van der Waals surface area contributed by atoms with Crippen molar-refractivity contribution >= 4 is 39.9 Å². The maximum Gasteiger partial charge on any atom is 0.350 e. The van der Waals surface area contributed by atoms with E-state index in [4.69, 9.17) is 9.47 Å². The van der Waals surface area contributed by atoms with Gasteiger partial charge < -0.3 is 14.6 Å². The van der Waals surface area contributed by atoms with Crippen LogP contribution in [-0.2, 0) is 14.3 Å². The average Bonchev–Trinajstić information content (AvgIpc) is 3.35. The van der Waals surface area contributed by atoms with Gasteiger partial charge in [-0.1, -0.05) is 59.9 Å². The van der Waals surface area contributed by atoms with Gasteiger partial charge in [-0.2, -0.15) is 0 Å². The summed E-state index contributed by atoms with van der Waals surface area (Å²) in [5, 5.41) is 11.2. The van der Waals surface area contributed by atoms with Gasteiger partial charge in [0.2, 0.25) is 0 Å². The Hall–Kier alpha value is -3.98. The SMILES string of the molecule is COC(=O)c1sc(N2C(=O)C(=O)C(=C(O)c3ccccc3)[C@H]2c2ccccc2OC)nc1C. The van der Waals surface area contributed by atoms with Crippen LogP contribution in [0, 0.1) is 6.92 Å². The van der Waals surface area contributed by atoms with Gasteiger partial charge >= 0.3 is 11.9 Å². The van der Waals surface area contributed by atoms with Gasteiger partial charge in [-0.05, 0) is 13.0 Å². The summed E-state index contributed by atoms with van der Waals surface area (Å²) < 4.78 is 10.3. The fourth-order valence-corrected chi connectivity index (χ4v) is 4.75. The standard InChI is InChI=1S/C24H20N2O6S/c1-13-21(23(30)32-3)33-24(25-13)26-18(15-11-7-8-12-16(15)31-2)17(20(28)22(26)29)19(27)14-9-5-4-6-10-14/h4-12,18,27H,1-3H3/t18-/m1/s1. The van der Waals surface area contributed by atoms with Gasteiger partial charge in [-0.25, -0.2) is 9.78 Å². The summed E-state index contributed by atoms with van der Waals surface area (Å²) in [4.78, 5) is 44.3. The van der Waals surface area contributed by atoms with Crippen LogP contribution in [0.15, 0.2) is 60.2 Å². The Balaban J connectivity index is 1.97. The Morgan fingerprint density at radius 2 is 1.73 bits per heavy atom. The first-order valence-electron chi connectivity index (χ1n) is 9.94. The molecule has 33 heavy (non-hydrogen) atoms. The second kappa shape index (κ2) is 8.87. The molecule has 1 amide bonds. The molecule has 1 fully saturated rings. The molecule has 1 aliphatic rings. The van der Waals surface area contributed by atoms with Crippen LogP contribution in [0.2, 0.25) is 0 Å². The molecule has 1 atom stereocenters. The fourth-order valence-electron chi connectivity index (χ4n) is 3.74. The molecule has 1 aromatic heterocycles. The number of aliphatic hydroxyl groups is 1. The monoisotopic (exact) mass is 464 g/mol. The lowest BCUT2D eigenvalue weighted by Gasteiger charge is -2.24. The predicted octanol–water partition coefficient (Wildman–Crippen LogP) is 3.87. The Labute approximate surface area is 193 Å². The van der Waals surface area contributed by atoms with E-state index in [-0.39, 0.29) is 21.3 Å². The number of carbonyl (C=O) groups excluding carboxylic acids is 3. The van der Waals surface area contributed by atoms with Crippen LogP contribution in [0.5, 0.6) is 5.75 Å². The third-order valence-corrected chi connectivity index (χ3v) is 6.42. The van der Waals surface area contributed by atoms with Crippen LogP contribution in [0.3, 0.4) is 0 Å². The van der Waals surface area contributed by atoms with Crippen molar-refractivity contribution < 1.29 is 29.0 Å². The molecule has 0 bridgehead atoms. The summed E-state index contributed by atoms with van der Waals surface area (Å²) >= 11 is 0.939. The normalized spacial score (nSPS) is 17.3. The van der Waals surface area contributed by atoms with Gasteiger partial charge in [0.25, 0.3) is 5.78 Å². The summed E-state index contributed by atoms with van der Waals surface area (Å²) in [5.41, 5.74) is 1.15. The van der Waals surface area contributed by atoms with E-state index in [9.17, 15) is 19.5 Å². The number of para-hydroxylation sites is 1. The number of ether oxygens (including phenoxy) is 2. The fraction of sp³-hybridized carbons (Fsp3) is 0.167. The van der Waals surface area contributed by atoms with Gasteiger partial charge in [0.15, 0.2) is 5.13 Å². The van der Waals surface area contributed by atoms with Crippen molar-refractivity contribution in [3.8, 4) is 5.75 Å². The van der Waals surface area contributed by atoms with Crippen LogP contribution in [0.4, 0.5) is 5.13 Å². The van der Waals surface area contributed by atoms with Crippen LogP contribution < -0.4 is 9.64 Å². The highest BCUT2D eigenvalue weighted by Crippen LogP contribution is 2.46. The molecular formula is C24H20N2O6S. The highest BCUT2D eigenvalue weighted by molar-refractivity contribution is 7.17. The molecule has 168 valence electrons. The van der Waals surface area contributed by atoms with E-state index < -0.39 is 23.7 Å². The Kier molecular flexibility index (Phi) is 5.97. The number of rotatable bonds is 5. The van der Waals surface area contributed by atoms with Gasteiger partial charge in [0, 0.05) is 11.1 Å². The van der Waals surface area contributed by atoms with E-state index in [0.717, 1.165) is 11.3 Å². The number of aliphatic hydroxyl groups excluding tert-OH is 1. The van der Waals surface area contributed by atoms with Crippen LogP contribution in [0.1, 0.15) is 32.5 Å². The van der Waals surface area contributed by atoms with E-state index in [1.54, 1.807) is 61.5 Å². The predicted molar refractivity (Wildman–Crippen MR) is 122 cm³/mol. The van der Waals surface area contributed by atoms with E-state index in [0.29, 0.717) is 22.6 Å². The maximum absolute atomic E-state index is 13.2. The number of Topliss-reactive ketones (excluding diaryl/α,β-unsaturated/α-hetero) is 1. The number of aromatic nitrogens is 1. The van der Waals surface area contributed by atoms with Gasteiger partial charge in [0.1, 0.15) is 22.4 Å². The molecule has 0 aliphatic carbocycles. The maximum atomic E-state index is 13.2. The van der Waals surface area contributed by atoms with E-state index in [1.165, 1.54) is 19.1 Å². The minimum Gasteiger partial charge on any atom is -0.507 e. The summed E-state index contributed by atoms with van der Waals surface area (Å²) in [7, 11) is 2.73. The highest BCUT2D eigenvalue weighted by atomic mass is 32.1. The minimum atomic E-state index is -1.02. The lowest BCUT2D eigenvalue weighted by atomic mass is 9.95. The minimum absolute atomic E-state index is 0.0943. The number of carbonyl (C=O) groups is 3. The Morgan fingerprint density at radius 1 is 1.06 bits per heavy atom. The lowest BCUT2D eigenvalue weighted by Crippen LogP contribution is -2.29. The number of anilines is 1. The summed E-state index contributed by atoms with van der Waals surface area (Å²) in [5.74, 6) is -2.21. The molecule has 1 N–H and O–H groups in total. The van der Waals surface area contributed by atoms with E-state index >= 15 is 0 Å². The molecule has 0 spiro atoms. The molecule has 0 radical (unpaired) electrons. The topological polar surface area (TPSA) is 106 Å². The number of amides is 1. The Morgan fingerprint density at radius 3 is 2.39 bits per heavy atom. The number of ketones is 1. The van der Waals surface area contributed by atoms with Crippen molar-refractivity contribution in [1.82, 2.24) is 4.98 Å². The van der Waals surface area contributed by atoms with Crippen molar-refractivity contribution in [2.45, 2.75) is 13.0 Å². The highest BCUT2D eigenvalue weighted by Gasteiger charge is 2.49. The number of hydrogen-bond donors (Lipinski definition) is 1. The van der Waals surface area contributed by atoms with Gasteiger partial charge in [0.05, 0.1) is 25.5 Å². The van der Waals surface area contributed by atoms with Crippen molar-refractivity contribution in [3.63, 3.8) is 0 Å². The molecule has 0 unspecified atom stereocenters. The molecule has 8 nitrogen and oxygen atoms in total. The van der Waals surface area contributed by atoms with Crippen molar-refractivity contribution in [2.75, 3.05) is 19.1 Å². The molecule has 1 saturated heterocycles. The number of aryl methyl sites for hydroxylation is 1. The Bertz CT molecular complexity index is 1280. The molecule has 4 rings (SSSR count). The number of esters is 1. The quantitative estimate of drug-likeness (QED) is 0.264. The van der Waals surface area contributed by atoms with Gasteiger partial charge in [-0.3, -0.25) is 14.5 Å². The summed E-state index contributed by atoms with van der Waals surface area (Å²) in [6, 6.07) is 14.4. The summed E-state index contributed by atoms with van der Waals surface area (Å²) in [6.07, 6.45) is 0. The smallest absolute Gasteiger partial charge is 0.350 e. The van der Waals surface area contributed by atoms with Crippen LogP contribution in [0.25, 0.3) is 5.76 Å². The van der Waals surface area contributed by atoms with E-state index in [2.05, 4.69) is 4.98 Å². The summed E-state index contributed by atoms with van der Waals surface area (Å²) in [6.45, 7) is 1.62. The molecule has 2 aromatic carbocycles. The molecule has 3 aromatic rings. The second-order valence-electron chi connectivity index (χ2n) is 7.18. The zero-order valence-corrected chi connectivity index (χ0v) is 18.9. The van der Waals surface area contributed by atoms with Crippen LogP contribution >= 0.6 is 11.3 Å². The number of benzene rings is 2. The van der Waals surface area contributed by atoms with Gasteiger partial charge in [-0.15, -0.1) is 0 Å². The van der Waals surface area contributed by atoms with Crippen molar-refractivity contribution in [3.05, 3.63) is 81.9 Å². The zero-order valence-electron chi connectivity index (χ0n) is 18.1. The van der Waals surface area contributed by atoms with Crippen molar-refractivity contribution in [2.24, 2.45) is 0 Å². The second-order valence-corrected chi connectivity index (χ2v) is 8.16. The lowest BCUT2D eigenvalue weighted by molar-refractivity contribution is -0.132. The number of methoxy groups -OCH3 is 2. The third kappa shape index (κ3) is 3.76. The number of thiazole rings is 1. The number of hydrogen-bond acceptors (Lipinski definition) is 8.